The van der Waals surface area contributed by atoms with Crippen molar-refractivity contribution < 1.29 is 9.15 Å². The second-order valence-electron chi connectivity index (χ2n) is 15.5. The molecule has 0 aromatic heterocycles. The van der Waals surface area contributed by atoms with Crippen LogP contribution in [0.15, 0.2) is 97.1 Å². The van der Waals surface area contributed by atoms with Crippen LogP contribution in [-0.4, -0.2) is 59.8 Å². The molecule has 0 bridgehead atoms. The fraction of sp³-hybridized carbons (Fsp3) is 0.375. The lowest BCUT2D eigenvalue weighted by Gasteiger charge is -2.20. The molecule has 4 aromatic carbocycles. The standard InChI is InChI=1S/C48H58Cl2N4/c1-9-51(10-2)39-23-15-35(16-24-39)19-29-45-47(5,6)41-33-37(49)21-27-43(41)53(45)31-13-14-32-54-44-28-22-38(50)34-42(44)48(7,8)46(54)30-20-36-17-25-40(26-18-36)52(11-3)12-4/h15-30,33-34H,9-14,31-32H2,1-8H3/q+2. The lowest BCUT2D eigenvalue weighted by atomic mass is 9.81. The summed E-state index contributed by atoms with van der Waals surface area (Å²) in [4.78, 5) is 4.76. The highest BCUT2D eigenvalue weighted by Gasteiger charge is 2.46. The van der Waals surface area contributed by atoms with Crippen LogP contribution in [-0.2, 0) is 10.8 Å². The largest absolute Gasteiger partial charge is 0.372 e. The van der Waals surface area contributed by atoms with Crippen molar-refractivity contribution in [1.29, 1.82) is 0 Å². The van der Waals surface area contributed by atoms with Crippen molar-refractivity contribution in [3.8, 4) is 0 Å². The fourth-order valence-electron chi connectivity index (χ4n) is 8.44. The molecule has 0 saturated heterocycles. The predicted octanol–water partition coefficient (Wildman–Crippen LogP) is 12.3. The summed E-state index contributed by atoms with van der Waals surface area (Å²) in [6, 6.07) is 30.6. The lowest BCUT2D eigenvalue weighted by Crippen LogP contribution is -2.28. The second-order valence-corrected chi connectivity index (χ2v) is 16.4. The Bertz CT molecular complexity index is 1930. The third kappa shape index (κ3) is 7.97. The molecular formula is C48H58Cl2N4+2. The Balaban J connectivity index is 1.26. The van der Waals surface area contributed by atoms with Crippen molar-refractivity contribution >= 4 is 69.5 Å². The maximum Gasteiger partial charge on any atom is 0.209 e. The van der Waals surface area contributed by atoms with Gasteiger partial charge in [0, 0.05) is 95.9 Å². The zero-order chi connectivity index (χ0) is 38.6. The maximum absolute atomic E-state index is 6.59. The van der Waals surface area contributed by atoms with E-state index in [1.54, 1.807) is 0 Å². The summed E-state index contributed by atoms with van der Waals surface area (Å²) in [6.45, 7) is 24.0. The number of hydrogen-bond donors (Lipinski definition) is 0. The van der Waals surface area contributed by atoms with Gasteiger partial charge in [0.25, 0.3) is 0 Å². The van der Waals surface area contributed by atoms with Crippen LogP contribution in [0, 0.1) is 0 Å². The van der Waals surface area contributed by atoms with E-state index in [0.717, 1.165) is 62.2 Å². The second kappa shape index (κ2) is 16.7. The third-order valence-electron chi connectivity index (χ3n) is 11.6. The molecule has 2 heterocycles. The van der Waals surface area contributed by atoms with E-state index in [1.165, 1.54) is 56.4 Å². The molecule has 4 nitrogen and oxygen atoms in total. The van der Waals surface area contributed by atoms with E-state index in [0.29, 0.717) is 0 Å². The van der Waals surface area contributed by atoms with Crippen LogP contribution in [0.4, 0.5) is 22.7 Å². The number of nitrogens with zero attached hydrogens (tertiary/aromatic N) is 4. The van der Waals surface area contributed by atoms with Crippen LogP contribution in [0.3, 0.4) is 0 Å². The van der Waals surface area contributed by atoms with Gasteiger partial charge in [-0.3, -0.25) is 0 Å². The molecule has 0 spiro atoms. The lowest BCUT2D eigenvalue weighted by molar-refractivity contribution is -0.451. The van der Waals surface area contributed by atoms with Crippen molar-refractivity contribution in [1.82, 2.24) is 0 Å². The molecule has 0 N–H and O–H groups in total. The van der Waals surface area contributed by atoms with Crippen LogP contribution in [0.25, 0.3) is 12.2 Å². The van der Waals surface area contributed by atoms with Crippen LogP contribution in [0.5, 0.6) is 0 Å². The highest BCUT2D eigenvalue weighted by Crippen LogP contribution is 2.43. The van der Waals surface area contributed by atoms with Crippen molar-refractivity contribution in [2.75, 3.05) is 49.1 Å². The monoisotopic (exact) mass is 760 g/mol. The molecule has 6 rings (SSSR count). The summed E-state index contributed by atoms with van der Waals surface area (Å²) in [5.74, 6) is 0. The van der Waals surface area contributed by atoms with Gasteiger partial charge in [0.15, 0.2) is 11.4 Å². The van der Waals surface area contributed by atoms with E-state index in [1.807, 2.05) is 12.1 Å². The molecule has 0 unspecified atom stereocenters. The molecular weight excluding hydrogens is 703 g/mol. The fourth-order valence-corrected chi connectivity index (χ4v) is 8.78. The Morgan fingerprint density at radius 3 is 1.19 bits per heavy atom. The first-order valence-electron chi connectivity index (χ1n) is 19.9. The average Bonchev–Trinajstić information content (AvgIpc) is 3.50. The van der Waals surface area contributed by atoms with Crippen LogP contribution >= 0.6 is 23.2 Å². The molecule has 0 amide bonds. The smallest absolute Gasteiger partial charge is 0.209 e. The zero-order valence-electron chi connectivity index (χ0n) is 33.6. The highest BCUT2D eigenvalue weighted by molar-refractivity contribution is 6.31. The molecule has 0 radical (unpaired) electrons. The Morgan fingerprint density at radius 1 is 0.500 bits per heavy atom. The van der Waals surface area contributed by atoms with Gasteiger partial charge in [-0.15, -0.1) is 0 Å². The normalized spacial score (nSPS) is 15.8. The molecule has 0 atom stereocenters. The Kier molecular flexibility index (Phi) is 12.2. The summed E-state index contributed by atoms with van der Waals surface area (Å²) in [6.07, 6.45) is 11.3. The number of rotatable bonds is 15. The molecule has 4 aromatic rings. The number of benzene rings is 4. The van der Waals surface area contributed by atoms with Gasteiger partial charge in [-0.25, -0.2) is 0 Å². The Morgan fingerprint density at radius 2 is 0.852 bits per heavy atom. The van der Waals surface area contributed by atoms with Gasteiger partial charge in [0.05, 0.1) is 10.8 Å². The Hall–Kier alpha value is -4.12. The molecule has 0 fully saturated rings. The van der Waals surface area contributed by atoms with Gasteiger partial charge in [-0.1, -0.05) is 47.5 Å². The minimum atomic E-state index is -0.176. The van der Waals surface area contributed by atoms with Crippen LogP contribution in [0.2, 0.25) is 10.0 Å². The van der Waals surface area contributed by atoms with Gasteiger partial charge >= 0.3 is 0 Å². The molecule has 2 aliphatic rings. The molecule has 0 aliphatic carbocycles. The maximum atomic E-state index is 6.59. The van der Waals surface area contributed by atoms with E-state index in [4.69, 9.17) is 23.2 Å². The quantitative estimate of drug-likeness (QED) is 0.0884. The van der Waals surface area contributed by atoms with Gasteiger partial charge in [-0.2, -0.15) is 9.15 Å². The first-order valence-corrected chi connectivity index (χ1v) is 20.6. The van der Waals surface area contributed by atoms with E-state index >= 15 is 0 Å². The molecule has 0 saturated carbocycles. The van der Waals surface area contributed by atoms with Crippen molar-refractivity contribution in [2.45, 2.75) is 79.1 Å². The number of unbranched alkanes of at least 4 members (excludes halogenated alkanes) is 1. The summed E-state index contributed by atoms with van der Waals surface area (Å²) in [5, 5.41) is 1.57. The zero-order valence-corrected chi connectivity index (χ0v) is 35.1. The average molecular weight is 762 g/mol. The molecule has 2 aliphatic heterocycles. The Labute approximate surface area is 334 Å². The van der Waals surface area contributed by atoms with Crippen molar-refractivity contribution in [3.63, 3.8) is 0 Å². The molecule has 54 heavy (non-hydrogen) atoms. The van der Waals surface area contributed by atoms with Gasteiger partial charge in [0.1, 0.15) is 13.1 Å². The van der Waals surface area contributed by atoms with E-state index in [2.05, 4.69) is 171 Å². The summed E-state index contributed by atoms with van der Waals surface area (Å²) in [7, 11) is 0. The number of hydrogen-bond acceptors (Lipinski definition) is 2. The van der Waals surface area contributed by atoms with Crippen LogP contribution in [0.1, 0.15) is 90.5 Å². The summed E-state index contributed by atoms with van der Waals surface area (Å²) < 4.78 is 5.06. The van der Waals surface area contributed by atoms with Gasteiger partial charge in [0.2, 0.25) is 11.4 Å². The first-order chi connectivity index (χ1) is 25.9. The number of fused-ring (bicyclic) bond motifs is 2. The first kappa shape index (κ1) is 39.6. The van der Waals surface area contributed by atoms with E-state index in [-0.39, 0.29) is 10.8 Å². The highest BCUT2D eigenvalue weighted by atomic mass is 35.5. The number of allylic oxidation sites excluding steroid dienone is 2. The third-order valence-corrected chi connectivity index (χ3v) is 12.1. The SMILES string of the molecule is CCN(CC)c1ccc(/C=C/C2=[N+](CCCC[N+]3=C(/C=C/c4ccc(N(CC)CC)cc4)C(C)(C)c4cc(Cl)ccc43)c3ccc(Cl)cc3C2(C)C)cc1. The van der Waals surface area contributed by atoms with E-state index < -0.39 is 0 Å². The minimum absolute atomic E-state index is 0.176. The summed E-state index contributed by atoms with van der Waals surface area (Å²) >= 11 is 13.2. The molecule has 282 valence electrons. The summed E-state index contributed by atoms with van der Waals surface area (Å²) in [5.41, 5.74) is 12.3. The van der Waals surface area contributed by atoms with Crippen molar-refractivity contribution in [2.24, 2.45) is 0 Å². The number of anilines is 2. The van der Waals surface area contributed by atoms with Crippen LogP contribution < -0.4 is 9.80 Å². The topological polar surface area (TPSA) is 12.5 Å². The minimum Gasteiger partial charge on any atom is -0.372 e. The van der Waals surface area contributed by atoms with Gasteiger partial charge < -0.3 is 9.80 Å². The van der Waals surface area contributed by atoms with Gasteiger partial charge in [-0.05, 0) is 127 Å². The number of halogens is 2. The van der Waals surface area contributed by atoms with Crippen molar-refractivity contribution in [3.05, 3.63) is 129 Å². The molecule has 6 heteroatoms. The van der Waals surface area contributed by atoms with E-state index in [9.17, 15) is 0 Å². The predicted molar refractivity (Wildman–Crippen MR) is 236 cm³/mol.